The molecule has 2 unspecified atom stereocenters. The van der Waals surface area contributed by atoms with Crippen molar-refractivity contribution >= 4 is 21.5 Å². The third kappa shape index (κ3) is 6.86. The molecule has 0 bridgehead atoms. The molecule has 0 heterocycles. The predicted molar refractivity (Wildman–Crippen MR) is 142 cm³/mol. The maximum absolute atomic E-state index is 10.5. The van der Waals surface area contributed by atoms with E-state index in [4.69, 9.17) is 9.47 Å². The Kier molecular flexibility index (Phi) is 10.5. The summed E-state index contributed by atoms with van der Waals surface area (Å²) in [5.74, 6) is 1.59. The molecular formula is C30H42O4. The molecule has 4 nitrogen and oxygen atoms in total. The molecule has 0 aromatic heterocycles. The fourth-order valence-electron chi connectivity index (χ4n) is 4.46. The van der Waals surface area contributed by atoms with E-state index in [1.807, 2.05) is 18.2 Å². The zero-order valence-electron chi connectivity index (χ0n) is 21.2. The Morgan fingerprint density at radius 1 is 0.647 bits per heavy atom. The van der Waals surface area contributed by atoms with Gasteiger partial charge in [0.1, 0.15) is 24.7 Å². The van der Waals surface area contributed by atoms with Crippen molar-refractivity contribution in [1.82, 2.24) is 0 Å². The van der Waals surface area contributed by atoms with E-state index >= 15 is 0 Å². The zero-order valence-corrected chi connectivity index (χ0v) is 21.2. The molecule has 4 heteroatoms. The molecule has 2 atom stereocenters. The van der Waals surface area contributed by atoms with Crippen LogP contribution in [-0.2, 0) is 6.42 Å². The highest BCUT2D eigenvalue weighted by molar-refractivity contribution is 6.11. The summed E-state index contributed by atoms with van der Waals surface area (Å²) in [6.45, 7) is 7.02. The highest BCUT2D eigenvalue weighted by atomic mass is 16.5. The van der Waals surface area contributed by atoms with E-state index in [1.165, 1.54) is 5.56 Å². The largest absolute Gasteiger partial charge is 0.490 e. The Balaban J connectivity index is 1.95. The lowest BCUT2D eigenvalue weighted by molar-refractivity contribution is 0.0979. The number of benzene rings is 3. The van der Waals surface area contributed by atoms with Gasteiger partial charge in [0.2, 0.25) is 0 Å². The van der Waals surface area contributed by atoms with Gasteiger partial charge in [-0.15, -0.1) is 0 Å². The van der Waals surface area contributed by atoms with Crippen molar-refractivity contribution in [2.45, 2.75) is 90.8 Å². The Hall–Kier alpha value is -2.30. The second kappa shape index (κ2) is 13.6. The first-order valence-electron chi connectivity index (χ1n) is 13.2. The molecule has 0 fully saturated rings. The highest BCUT2D eigenvalue weighted by Crippen LogP contribution is 2.43. The quantitative estimate of drug-likeness (QED) is 0.184. The summed E-state index contributed by atoms with van der Waals surface area (Å²) >= 11 is 0. The van der Waals surface area contributed by atoms with Gasteiger partial charge in [-0.05, 0) is 30.9 Å². The molecule has 186 valence electrons. The molecule has 0 aliphatic heterocycles. The second-order valence-electron chi connectivity index (χ2n) is 9.36. The second-order valence-corrected chi connectivity index (χ2v) is 9.36. The Morgan fingerprint density at radius 3 is 1.65 bits per heavy atom. The zero-order chi connectivity index (χ0) is 24.3. The van der Waals surface area contributed by atoms with Crippen LogP contribution in [0.1, 0.15) is 77.7 Å². The van der Waals surface area contributed by atoms with Crippen LogP contribution in [0.15, 0.2) is 42.5 Å². The summed E-state index contributed by atoms with van der Waals surface area (Å²) < 4.78 is 12.6. The minimum absolute atomic E-state index is 0.273. The minimum Gasteiger partial charge on any atom is -0.490 e. The van der Waals surface area contributed by atoms with Crippen molar-refractivity contribution < 1.29 is 19.7 Å². The van der Waals surface area contributed by atoms with E-state index in [9.17, 15) is 10.2 Å². The number of fused-ring (bicyclic) bond motifs is 2. The Morgan fingerprint density at radius 2 is 1.15 bits per heavy atom. The molecule has 3 aromatic rings. The third-order valence-corrected chi connectivity index (χ3v) is 6.52. The molecule has 0 aliphatic carbocycles. The molecule has 0 aliphatic rings. The van der Waals surface area contributed by atoms with E-state index in [-0.39, 0.29) is 13.2 Å². The van der Waals surface area contributed by atoms with Gasteiger partial charge in [-0.1, -0.05) is 95.7 Å². The topological polar surface area (TPSA) is 58.9 Å². The minimum atomic E-state index is -0.482. The van der Waals surface area contributed by atoms with Crippen LogP contribution in [0.25, 0.3) is 21.5 Å². The molecule has 2 N–H and O–H groups in total. The van der Waals surface area contributed by atoms with E-state index in [1.54, 1.807) is 0 Å². The Bertz CT molecular complexity index is 1030. The molecule has 34 heavy (non-hydrogen) atoms. The summed E-state index contributed by atoms with van der Waals surface area (Å²) in [7, 11) is 0. The molecule has 3 aromatic carbocycles. The van der Waals surface area contributed by atoms with Crippen molar-refractivity contribution in [2.24, 2.45) is 0 Å². The summed E-state index contributed by atoms with van der Waals surface area (Å²) in [5, 5.41) is 24.9. The number of hydrogen-bond acceptors (Lipinski definition) is 4. The van der Waals surface area contributed by atoms with Crippen molar-refractivity contribution in [2.75, 3.05) is 13.2 Å². The monoisotopic (exact) mass is 466 g/mol. The van der Waals surface area contributed by atoms with Crippen LogP contribution in [0.5, 0.6) is 11.5 Å². The van der Waals surface area contributed by atoms with Crippen molar-refractivity contribution in [3.8, 4) is 11.5 Å². The third-order valence-electron chi connectivity index (χ3n) is 6.52. The molecule has 3 rings (SSSR count). The van der Waals surface area contributed by atoms with Crippen LogP contribution >= 0.6 is 0 Å². The van der Waals surface area contributed by atoms with Gasteiger partial charge in [0, 0.05) is 21.5 Å². The van der Waals surface area contributed by atoms with Crippen LogP contribution in [0.2, 0.25) is 0 Å². The van der Waals surface area contributed by atoms with Gasteiger partial charge in [0.05, 0.1) is 12.2 Å². The lowest BCUT2D eigenvalue weighted by Crippen LogP contribution is -2.18. The van der Waals surface area contributed by atoms with Gasteiger partial charge in [-0.25, -0.2) is 0 Å². The number of hydrogen-bond donors (Lipinski definition) is 2. The lowest BCUT2D eigenvalue weighted by Gasteiger charge is -2.20. The molecule has 0 saturated carbocycles. The maximum Gasteiger partial charge on any atom is 0.135 e. The van der Waals surface area contributed by atoms with Crippen LogP contribution in [0.4, 0.5) is 0 Å². The molecule has 0 radical (unpaired) electrons. The van der Waals surface area contributed by atoms with Crippen molar-refractivity contribution in [1.29, 1.82) is 0 Å². The number of unbranched alkanes of at least 4 members (excludes halogenated alkanes) is 4. The van der Waals surface area contributed by atoms with Gasteiger partial charge >= 0.3 is 0 Å². The Labute approximate surface area is 204 Å². The molecule has 0 saturated heterocycles. The normalized spacial score (nSPS) is 13.3. The maximum atomic E-state index is 10.5. The number of ether oxygens (including phenoxy) is 2. The van der Waals surface area contributed by atoms with Gasteiger partial charge in [0.25, 0.3) is 0 Å². The van der Waals surface area contributed by atoms with Crippen LogP contribution in [-0.4, -0.2) is 35.6 Å². The summed E-state index contributed by atoms with van der Waals surface area (Å²) in [6, 6.07) is 14.5. The molecular weight excluding hydrogens is 424 g/mol. The number of aliphatic hydroxyl groups is 2. The number of aliphatic hydroxyl groups excluding tert-OH is 2. The number of aryl methyl sites for hydroxylation is 1. The van der Waals surface area contributed by atoms with E-state index in [2.05, 4.69) is 45.0 Å². The van der Waals surface area contributed by atoms with Crippen LogP contribution < -0.4 is 9.47 Å². The molecule has 0 amide bonds. The van der Waals surface area contributed by atoms with Crippen LogP contribution in [0, 0.1) is 0 Å². The van der Waals surface area contributed by atoms with Crippen molar-refractivity contribution in [3.05, 3.63) is 48.0 Å². The SMILES string of the molecule is CCCCCC(O)COc1c2ccccc2c(OCC(O)CCCCC)c2cc(CC)ccc12. The first-order chi connectivity index (χ1) is 16.6. The van der Waals surface area contributed by atoms with Gasteiger partial charge in [-0.2, -0.15) is 0 Å². The number of rotatable bonds is 15. The summed E-state index contributed by atoms with van der Waals surface area (Å²) in [4.78, 5) is 0. The molecule has 0 spiro atoms. The van der Waals surface area contributed by atoms with Gasteiger partial charge in [0.15, 0.2) is 0 Å². The van der Waals surface area contributed by atoms with Crippen LogP contribution in [0.3, 0.4) is 0 Å². The van der Waals surface area contributed by atoms with Gasteiger partial charge in [-0.3, -0.25) is 0 Å². The van der Waals surface area contributed by atoms with E-state index in [0.717, 1.165) is 90.8 Å². The highest BCUT2D eigenvalue weighted by Gasteiger charge is 2.18. The first kappa shape index (κ1) is 26.3. The van der Waals surface area contributed by atoms with Gasteiger partial charge < -0.3 is 19.7 Å². The first-order valence-corrected chi connectivity index (χ1v) is 13.2. The lowest BCUT2D eigenvalue weighted by atomic mass is 9.98. The summed E-state index contributed by atoms with van der Waals surface area (Å²) in [6.07, 6.45) is 8.00. The summed E-state index contributed by atoms with van der Waals surface area (Å²) in [5.41, 5.74) is 1.22. The average molecular weight is 467 g/mol. The fraction of sp³-hybridized carbons (Fsp3) is 0.533. The van der Waals surface area contributed by atoms with E-state index < -0.39 is 12.2 Å². The average Bonchev–Trinajstić information content (AvgIpc) is 2.86. The van der Waals surface area contributed by atoms with Crippen molar-refractivity contribution in [3.63, 3.8) is 0 Å². The van der Waals surface area contributed by atoms with E-state index in [0.29, 0.717) is 0 Å². The predicted octanol–water partition coefficient (Wildman–Crippen LogP) is 7.20. The smallest absolute Gasteiger partial charge is 0.135 e. The fourth-order valence-corrected chi connectivity index (χ4v) is 4.46. The standard InChI is InChI=1S/C30H42O4/c1-4-7-9-13-23(31)20-33-29-25-15-11-12-16-26(25)30(34-21-24(32)14-10-8-5-2)28-19-22(6-3)17-18-27(28)29/h11-12,15-19,23-24,31-32H,4-10,13-14,20-21H2,1-3H3.